The van der Waals surface area contributed by atoms with E-state index in [1.807, 2.05) is 17.7 Å². The molecule has 7 heteroatoms. The van der Waals surface area contributed by atoms with Crippen molar-refractivity contribution in [2.45, 2.75) is 52.0 Å². The predicted octanol–water partition coefficient (Wildman–Crippen LogP) is 3.93. The van der Waals surface area contributed by atoms with Crippen LogP contribution in [0.3, 0.4) is 0 Å². The van der Waals surface area contributed by atoms with Crippen molar-refractivity contribution >= 4 is 29.9 Å². The summed E-state index contributed by atoms with van der Waals surface area (Å²) in [6, 6.07) is 9.05. The van der Waals surface area contributed by atoms with Crippen molar-refractivity contribution in [3.63, 3.8) is 0 Å². The van der Waals surface area contributed by atoms with E-state index in [1.54, 1.807) is 12.1 Å². The Bertz CT molecular complexity index is 798. The van der Waals surface area contributed by atoms with E-state index in [1.165, 1.54) is 11.8 Å². The number of aliphatic imine (C=N–C) groups is 1. The third-order valence-electron chi connectivity index (χ3n) is 5.12. The van der Waals surface area contributed by atoms with E-state index in [0.29, 0.717) is 6.54 Å². The molecule has 0 unspecified atom stereocenters. The average Bonchev–Trinajstić information content (AvgIpc) is 3.36. The van der Waals surface area contributed by atoms with E-state index in [2.05, 4.69) is 35.6 Å². The van der Waals surface area contributed by atoms with Gasteiger partial charge in [-0.1, -0.05) is 12.1 Å². The van der Waals surface area contributed by atoms with Gasteiger partial charge in [-0.25, -0.2) is 4.39 Å². The summed E-state index contributed by atoms with van der Waals surface area (Å²) < 4.78 is 15.6. The van der Waals surface area contributed by atoms with Gasteiger partial charge in [-0.05, 0) is 63.8 Å². The molecule has 3 rings (SSSR count). The molecule has 1 aliphatic rings. The number of benzene rings is 1. The van der Waals surface area contributed by atoms with Crippen LogP contribution >= 0.6 is 24.0 Å². The first kappa shape index (κ1) is 22.6. The Morgan fingerprint density at radius 1 is 1.25 bits per heavy atom. The summed E-state index contributed by atoms with van der Waals surface area (Å²) in [5.74, 6) is 0.658. The van der Waals surface area contributed by atoms with Crippen LogP contribution in [0, 0.1) is 19.7 Å². The van der Waals surface area contributed by atoms with Crippen LogP contribution in [-0.2, 0) is 12.0 Å². The zero-order valence-electron chi connectivity index (χ0n) is 17.0. The second kappa shape index (κ2) is 10.2. The first-order valence-electron chi connectivity index (χ1n) is 9.82. The molecular formula is C21H31FIN5. The molecule has 2 aromatic rings. The molecule has 2 N–H and O–H groups in total. The van der Waals surface area contributed by atoms with Crippen LogP contribution < -0.4 is 10.6 Å². The Labute approximate surface area is 184 Å². The molecule has 1 aromatic heterocycles. The first-order chi connectivity index (χ1) is 13.0. The monoisotopic (exact) mass is 499 g/mol. The lowest BCUT2D eigenvalue weighted by molar-refractivity contribution is 0.554. The van der Waals surface area contributed by atoms with Crippen LogP contribution in [0.5, 0.6) is 0 Å². The van der Waals surface area contributed by atoms with Crippen LogP contribution in [0.4, 0.5) is 4.39 Å². The van der Waals surface area contributed by atoms with Crippen molar-refractivity contribution < 1.29 is 4.39 Å². The van der Waals surface area contributed by atoms with Gasteiger partial charge in [0.2, 0.25) is 0 Å². The summed E-state index contributed by atoms with van der Waals surface area (Å²) in [5, 5.41) is 11.2. The summed E-state index contributed by atoms with van der Waals surface area (Å²) in [6.07, 6.45) is 3.11. The van der Waals surface area contributed by atoms with Crippen LogP contribution in [0.2, 0.25) is 0 Å². The number of halogens is 2. The van der Waals surface area contributed by atoms with E-state index in [-0.39, 0.29) is 35.2 Å². The fourth-order valence-electron chi connectivity index (χ4n) is 3.42. The molecule has 1 aromatic carbocycles. The summed E-state index contributed by atoms with van der Waals surface area (Å²) in [7, 11) is 0. The van der Waals surface area contributed by atoms with Gasteiger partial charge in [-0.3, -0.25) is 9.67 Å². The van der Waals surface area contributed by atoms with E-state index in [4.69, 9.17) is 4.99 Å². The zero-order chi connectivity index (χ0) is 19.3. The van der Waals surface area contributed by atoms with Crippen molar-refractivity contribution in [2.75, 3.05) is 19.6 Å². The zero-order valence-corrected chi connectivity index (χ0v) is 19.3. The van der Waals surface area contributed by atoms with Crippen LogP contribution in [0.1, 0.15) is 43.1 Å². The van der Waals surface area contributed by atoms with E-state index in [0.717, 1.165) is 56.1 Å². The van der Waals surface area contributed by atoms with Gasteiger partial charge in [0.1, 0.15) is 5.82 Å². The van der Waals surface area contributed by atoms with Gasteiger partial charge >= 0.3 is 0 Å². The average molecular weight is 499 g/mol. The molecule has 154 valence electrons. The van der Waals surface area contributed by atoms with Gasteiger partial charge in [0.25, 0.3) is 0 Å². The normalized spacial score (nSPS) is 15.1. The first-order valence-corrected chi connectivity index (χ1v) is 9.82. The van der Waals surface area contributed by atoms with Crippen molar-refractivity contribution in [1.29, 1.82) is 0 Å². The number of aryl methyl sites for hydroxylation is 3. The Hall–Kier alpha value is -1.64. The van der Waals surface area contributed by atoms with Gasteiger partial charge in [0.05, 0.1) is 12.2 Å². The van der Waals surface area contributed by atoms with Crippen molar-refractivity contribution in [3.05, 3.63) is 53.1 Å². The highest BCUT2D eigenvalue weighted by atomic mass is 127. The lowest BCUT2D eigenvalue weighted by Crippen LogP contribution is -2.38. The number of guanidine groups is 1. The lowest BCUT2D eigenvalue weighted by atomic mass is 9.96. The van der Waals surface area contributed by atoms with Crippen LogP contribution in [0.25, 0.3) is 0 Å². The van der Waals surface area contributed by atoms with Crippen LogP contribution in [-0.4, -0.2) is 35.4 Å². The molecule has 0 aliphatic heterocycles. The molecule has 5 nitrogen and oxygen atoms in total. The quantitative estimate of drug-likeness (QED) is 0.251. The summed E-state index contributed by atoms with van der Waals surface area (Å²) in [4.78, 5) is 4.77. The maximum atomic E-state index is 13.6. The fourth-order valence-corrected chi connectivity index (χ4v) is 3.42. The van der Waals surface area contributed by atoms with Gasteiger partial charge in [-0.15, -0.1) is 24.0 Å². The Kier molecular flexibility index (Phi) is 8.27. The standard InChI is InChI=1S/C21H30FN5.HI/c1-4-23-20(24-11-6-12-27-17(3)13-16(2)26-27)25-15-21(9-10-21)18-7-5-8-19(22)14-18;/h5,7-8,13-14H,4,6,9-12,15H2,1-3H3,(H2,23,24,25);1H. The largest absolute Gasteiger partial charge is 0.357 e. The van der Waals surface area contributed by atoms with Gasteiger partial charge < -0.3 is 10.6 Å². The molecule has 0 saturated heterocycles. The van der Waals surface area contributed by atoms with Gasteiger partial charge in [-0.2, -0.15) is 5.10 Å². The highest BCUT2D eigenvalue weighted by Gasteiger charge is 2.44. The highest BCUT2D eigenvalue weighted by Crippen LogP contribution is 2.48. The number of nitrogens with one attached hydrogen (secondary N) is 2. The SMILES string of the molecule is CCNC(=NCC1(c2cccc(F)c2)CC1)NCCCn1nc(C)cc1C.I. The number of nitrogens with zero attached hydrogens (tertiary/aromatic N) is 3. The third-order valence-corrected chi connectivity index (χ3v) is 5.12. The maximum Gasteiger partial charge on any atom is 0.191 e. The molecule has 0 radical (unpaired) electrons. The molecule has 0 atom stereocenters. The third kappa shape index (κ3) is 5.93. The molecular weight excluding hydrogens is 468 g/mol. The maximum absolute atomic E-state index is 13.6. The number of hydrogen-bond acceptors (Lipinski definition) is 2. The predicted molar refractivity (Wildman–Crippen MR) is 123 cm³/mol. The highest BCUT2D eigenvalue weighted by molar-refractivity contribution is 14.0. The molecule has 1 aliphatic carbocycles. The minimum atomic E-state index is -0.170. The summed E-state index contributed by atoms with van der Waals surface area (Å²) in [5.41, 5.74) is 3.32. The second-order valence-electron chi connectivity index (χ2n) is 7.42. The molecule has 1 saturated carbocycles. The van der Waals surface area contributed by atoms with Gasteiger partial charge in [0, 0.05) is 30.7 Å². The minimum absolute atomic E-state index is 0. The number of hydrogen-bond donors (Lipinski definition) is 2. The molecule has 1 fully saturated rings. The van der Waals surface area contributed by atoms with Gasteiger partial charge in [0.15, 0.2) is 5.96 Å². The van der Waals surface area contributed by atoms with E-state index in [9.17, 15) is 4.39 Å². The Morgan fingerprint density at radius 3 is 2.64 bits per heavy atom. The molecule has 0 spiro atoms. The van der Waals surface area contributed by atoms with Crippen molar-refractivity contribution in [1.82, 2.24) is 20.4 Å². The summed E-state index contributed by atoms with van der Waals surface area (Å²) in [6.45, 7) is 9.38. The smallest absolute Gasteiger partial charge is 0.191 e. The Balaban J connectivity index is 0.00000280. The topological polar surface area (TPSA) is 54.2 Å². The molecule has 0 bridgehead atoms. The van der Waals surface area contributed by atoms with Crippen LogP contribution in [0.15, 0.2) is 35.3 Å². The molecule has 0 amide bonds. The number of rotatable bonds is 8. The lowest BCUT2D eigenvalue weighted by Gasteiger charge is -2.16. The Morgan fingerprint density at radius 2 is 2.04 bits per heavy atom. The van der Waals surface area contributed by atoms with E-state index < -0.39 is 0 Å². The minimum Gasteiger partial charge on any atom is -0.357 e. The van der Waals surface area contributed by atoms with Crippen molar-refractivity contribution in [2.24, 2.45) is 4.99 Å². The molecule has 1 heterocycles. The van der Waals surface area contributed by atoms with E-state index >= 15 is 0 Å². The fraction of sp³-hybridized carbons (Fsp3) is 0.524. The molecule has 28 heavy (non-hydrogen) atoms. The summed E-state index contributed by atoms with van der Waals surface area (Å²) >= 11 is 0. The second-order valence-corrected chi connectivity index (χ2v) is 7.42. The number of aromatic nitrogens is 2. The van der Waals surface area contributed by atoms with Crippen molar-refractivity contribution in [3.8, 4) is 0 Å².